The largest absolute Gasteiger partial charge is 0.299 e. The van der Waals surface area contributed by atoms with Gasteiger partial charge in [-0.2, -0.15) is 0 Å². The van der Waals surface area contributed by atoms with Crippen LogP contribution < -0.4 is 0 Å². The first-order chi connectivity index (χ1) is 8.47. The van der Waals surface area contributed by atoms with Crippen LogP contribution in [0.4, 0.5) is 0 Å². The Morgan fingerprint density at radius 2 is 2.00 bits per heavy atom. The van der Waals surface area contributed by atoms with Crippen molar-refractivity contribution in [2.45, 2.75) is 65.7 Å². The molecule has 3 aliphatic carbocycles. The number of fused-ring (bicyclic) bond motifs is 3. The van der Waals surface area contributed by atoms with Crippen molar-refractivity contribution in [2.24, 2.45) is 22.7 Å². The van der Waals surface area contributed by atoms with Crippen molar-refractivity contribution >= 4 is 5.78 Å². The molecule has 0 aromatic heterocycles. The van der Waals surface area contributed by atoms with Crippen molar-refractivity contribution in [3.8, 4) is 0 Å². The van der Waals surface area contributed by atoms with Crippen molar-refractivity contribution in [3.63, 3.8) is 0 Å². The van der Waals surface area contributed by atoms with E-state index in [1.807, 2.05) is 0 Å². The van der Waals surface area contributed by atoms with E-state index in [2.05, 4.69) is 26.8 Å². The first kappa shape index (κ1) is 12.4. The molecule has 0 radical (unpaired) electrons. The summed E-state index contributed by atoms with van der Waals surface area (Å²) in [5, 5.41) is 0. The minimum Gasteiger partial charge on any atom is -0.299 e. The van der Waals surface area contributed by atoms with Gasteiger partial charge in [0.2, 0.25) is 0 Å². The number of rotatable bonds is 0. The van der Waals surface area contributed by atoms with Gasteiger partial charge in [0.15, 0.2) is 0 Å². The second-order valence-corrected chi connectivity index (χ2v) is 7.39. The Morgan fingerprint density at radius 1 is 1.22 bits per heavy atom. The van der Waals surface area contributed by atoms with E-state index in [0.29, 0.717) is 22.5 Å². The van der Waals surface area contributed by atoms with Crippen molar-refractivity contribution in [3.05, 3.63) is 11.6 Å². The number of ketones is 1. The molecule has 0 amide bonds. The predicted octanol–water partition coefficient (Wildman–Crippen LogP) is 4.52. The smallest absolute Gasteiger partial charge is 0.136 e. The molecule has 0 spiro atoms. The molecule has 100 valence electrons. The fraction of sp³-hybridized carbons (Fsp3) is 0.824. The Hall–Kier alpha value is -0.590. The standard InChI is InChI=1S/C17H26O/c1-12-13-7-10-16(2)9-5-4-6-15(16)17(13,3)11-8-14(12)18/h6,12-13H,4-5,7-11H2,1-3H3/t12-,13-,16+,17-/m0/s1. The lowest BCUT2D eigenvalue weighted by atomic mass is 9.47. The summed E-state index contributed by atoms with van der Waals surface area (Å²) in [6.45, 7) is 7.10. The van der Waals surface area contributed by atoms with Crippen LogP contribution >= 0.6 is 0 Å². The van der Waals surface area contributed by atoms with Gasteiger partial charge in [-0.05, 0) is 55.3 Å². The van der Waals surface area contributed by atoms with Crippen LogP contribution in [0.1, 0.15) is 65.7 Å². The molecule has 2 saturated carbocycles. The highest BCUT2D eigenvalue weighted by atomic mass is 16.1. The fourth-order valence-electron chi connectivity index (χ4n) is 5.25. The van der Waals surface area contributed by atoms with Crippen molar-refractivity contribution in [1.29, 1.82) is 0 Å². The molecule has 0 saturated heterocycles. The highest BCUT2D eigenvalue weighted by molar-refractivity contribution is 5.82. The topological polar surface area (TPSA) is 17.1 Å². The van der Waals surface area contributed by atoms with Gasteiger partial charge >= 0.3 is 0 Å². The average Bonchev–Trinajstić information content (AvgIpc) is 2.34. The first-order valence-corrected chi connectivity index (χ1v) is 7.71. The number of hydrogen-bond donors (Lipinski definition) is 0. The zero-order valence-corrected chi connectivity index (χ0v) is 12.1. The zero-order chi connectivity index (χ0) is 13.0. The Labute approximate surface area is 111 Å². The average molecular weight is 246 g/mol. The summed E-state index contributed by atoms with van der Waals surface area (Å²) >= 11 is 0. The van der Waals surface area contributed by atoms with Crippen LogP contribution in [-0.4, -0.2) is 5.78 Å². The highest BCUT2D eigenvalue weighted by Gasteiger charge is 2.54. The molecule has 18 heavy (non-hydrogen) atoms. The van der Waals surface area contributed by atoms with Crippen molar-refractivity contribution in [1.82, 2.24) is 0 Å². The molecule has 0 aromatic rings. The second kappa shape index (κ2) is 3.95. The molecule has 0 N–H and O–H groups in total. The maximum atomic E-state index is 12.0. The third-order valence-corrected chi connectivity index (χ3v) is 6.37. The lowest BCUT2D eigenvalue weighted by molar-refractivity contribution is -0.131. The lowest BCUT2D eigenvalue weighted by Gasteiger charge is -2.57. The molecular weight excluding hydrogens is 220 g/mol. The monoisotopic (exact) mass is 246 g/mol. The molecule has 3 aliphatic rings. The Bertz CT molecular complexity index is 408. The summed E-state index contributed by atoms with van der Waals surface area (Å²) < 4.78 is 0. The van der Waals surface area contributed by atoms with Crippen molar-refractivity contribution in [2.75, 3.05) is 0 Å². The Morgan fingerprint density at radius 3 is 2.78 bits per heavy atom. The van der Waals surface area contributed by atoms with Crippen LogP contribution in [0.2, 0.25) is 0 Å². The number of Topliss-reactive ketones (excluding diaryl/α,β-unsaturated/α-hetero) is 1. The fourth-order valence-corrected chi connectivity index (χ4v) is 5.25. The van der Waals surface area contributed by atoms with E-state index in [0.717, 1.165) is 12.8 Å². The van der Waals surface area contributed by atoms with Crippen LogP contribution in [-0.2, 0) is 4.79 Å². The van der Waals surface area contributed by atoms with Gasteiger partial charge in [-0.3, -0.25) is 4.79 Å². The first-order valence-electron chi connectivity index (χ1n) is 7.71. The molecule has 1 nitrogen and oxygen atoms in total. The van der Waals surface area contributed by atoms with Crippen LogP contribution in [0, 0.1) is 22.7 Å². The van der Waals surface area contributed by atoms with Gasteiger partial charge in [0.1, 0.15) is 5.78 Å². The van der Waals surface area contributed by atoms with Gasteiger partial charge in [0.05, 0.1) is 0 Å². The molecule has 4 atom stereocenters. The summed E-state index contributed by atoms with van der Waals surface area (Å²) in [5.74, 6) is 1.41. The molecule has 0 aliphatic heterocycles. The van der Waals surface area contributed by atoms with Gasteiger partial charge in [-0.15, -0.1) is 0 Å². The van der Waals surface area contributed by atoms with E-state index < -0.39 is 0 Å². The number of hydrogen-bond acceptors (Lipinski definition) is 1. The summed E-state index contributed by atoms with van der Waals surface area (Å²) in [6, 6.07) is 0. The van der Waals surface area contributed by atoms with Gasteiger partial charge in [0, 0.05) is 12.3 Å². The third kappa shape index (κ3) is 1.55. The molecular formula is C17H26O. The summed E-state index contributed by atoms with van der Waals surface area (Å²) in [4.78, 5) is 12.0. The summed E-state index contributed by atoms with van der Waals surface area (Å²) in [6.07, 6.45) is 11.0. The van der Waals surface area contributed by atoms with Crippen LogP contribution in [0.25, 0.3) is 0 Å². The van der Waals surface area contributed by atoms with E-state index in [1.54, 1.807) is 5.57 Å². The van der Waals surface area contributed by atoms with Gasteiger partial charge in [0.25, 0.3) is 0 Å². The number of carbonyl (C=O) groups is 1. The SMILES string of the molecule is C[C@@H]1C(=O)CC[C@]2(C)C3=CCCC[C@]3(C)CC[C@@H]12. The molecule has 0 aromatic carbocycles. The molecule has 0 bridgehead atoms. The number of carbonyl (C=O) groups excluding carboxylic acids is 1. The van der Waals surface area contributed by atoms with Crippen LogP contribution in [0.3, 0.4) is 0 Å². The molecule has 1 heteroatoms. The zero-order valence-electron chi connectivity index (χ0n) is 12.1. The maximum Gasteiger partial charge on any atom is 0.136 e. The second-order valence-electron chi connectivity index (χ2n) is 7.39. The highest BCUT2D eigenvalue weighted by Crippen LogP contribution is 2.62. The van der Waals surface area contributed by atoms with E-state index in [9.17, 15) is 4.79 Å². The van der Waals surface area contributed by atoms with E-state index in [4.69, 9.17) is 0 Å². The minimum atomic E-state index is 0.288. The molecule has 0 heterocycles. The van der Waals surface area contributed by atoms with Crippen LogP contribution in [0.15, 0.2) is 11.6 Å². The predicted molar refractivity (Wildman–Crippen MR) is 74.3 cm³/mol. The number of allylic oxidation sites excluding steroid dienone is 2. The normalized spacial score (nSPS) is 48.2. The Balaban J connectivity index is 2.02. The lowest BCUT2D eigenvalue weighted by Crippen LogP contribution is -2.49. The molecule has 2 fully saturated rings. The molecule has 0 unspecified atom stereocenters. The third-order valence-electron chi connectivity index (χ3n) is 6.37. The summed E-state index contributed by atoms with van der Waals surface area (Å²) in [5.41, 5.74) is 2.49. The van der Waals surface area contributed by atoms with E-state index in [1.165, 1.54) is 32.1 Å². The van der Waals surface area contributed by atoms with Gasteiger partial charge in [-0.25, -0.2) is 0 Å². The minimum absolute atomic E-state index is 0.288. The van der Waals surface area contributed by atoms with E-state index >= 15 is 0 Å². The Kier molecular flexibility index (Phi) is 2.73. The molecule has 3 rings (SSSR count). The van der Waals surface area contributed by atoms with Crippen LogP contribution in [0.5, 0.6) is 0 Å². The van der Waals surface area contributed by atoms with Gasteiger partial charge < -0.3 is 0 Å². The van der Waals surface area contributed by atoms with Crippen molar-refractivity contribution < 1.29 is 4.79 Å². The van der Waals surface area contributed by atoms with E-state index in [-0.39, 0.29) is 5.92 Å². The maximum absolute atomic E-state index is 12.0. The quantitative estimate of drug-likeness (QED) is 0.574. The summed E-state index contributed by atoms with van der Waals surface area (Å²) in [7, 11) is 0. The van der Waals surface area contributed by atoms with Gasteiger partial charge in [-0.1, -0.05) is 32.4 Å².